The molecule has 1 N–H and O–H groups in total. The Kier molecular flexibility index (Phi) is 5.23. The fourth-order valence-corrected chi connectivity index (χ4v) is 3.74. The number of hydrogen-bond acceptors (Lipinski definition) is 3. The van der Waals surface area contributed by atoms with Gasteiger partial charge in [0.2, 0.25) is 5.91 Å². The highest BCUT2D eigenvalue weighted by Crippen LogP contribution is 2.38. The van der Waals surface area contributed by atoms with E-state index in [1.807, 2.05) is 30.3 Å². The van der Waals surface area contributed by atoms with E-state index < -0.39 is 6.04 Å². The van der Waals surface area contributed by atoms with E-state index in [0.717, 1.165) is 11.1 Å². The predicted octanol–water partition coefficient (Wildman–Crippen LogP) is 4.53. The standard InChI is InChI=1S/C23H19ClN2O3/c1-29-18-10-7-16(8-11-18)23(28)26-14-21(27)25-20-12-9-17(24)13-19(20)22(26)15-5-3-2-4-6-15/h2-13,22H,14H2,1H3,(H,25,27)/t22-/m0/s1. The van der Waals surface area contributed by atoms with Gasteiger partial charge in [-0.3, -0.25) is 9.59 Å². The SMILES string of the molecule is COc1ccc(C(=O)N2CC(=O)Nc3ccc(Cl)cc3[C@@H]2c2ccccc2)cc1. The van der Waals surface area contributed by atoms with Gasteiger partial charge in [0.05, 0.1) is 13.2 Å². The third-order valence-corrected chi connectivity index (χ3v) is 5.16. The molecule has 1 heterocycles. The molecule has 6 heteroatoms. The number of carbonyl (C=O) groups excluding carboxylic acids is 2. The molecule has 5 nitrogen and oxygen atoms in total. The maximum absolute atomic E-state index is 13.4. The topological polar surface area (TPSA) is 58.6 Å². The van der Waals surface area contributed by atoms with Gasteiger partial charge < -0.3 is 15.0 Å². The van der Waals surface area contributed by atoms with Crippen molar-refractivity contribution in [2.45, 2.75) is 6.04 Å². The van der Waals surface area contributed by atoms with Gasteiger partial charge in [-0.1, -0.05) is 41.9 Å². The summed E-state index contributed by atoms with van der Waals surface area (Å²) in [6, 6.07) is 21.3. The quantitative estimate of drug-likeness (QED) is 0.695. The number of anilines is 1. The number of hydrogen-bond donors (Lipinski definition) is 1. The van der Waals surface area contributed by atoms with Crippen molar-refractivity contribution in [3.63, 3.8) is 0 Å². The third-order valence-electron chi connectivity index (χ3n) is 4.92. The number of rotatable bonds is 3. The van der Waals surface area contributed by atoms with E-state index in [-0.39, 0.29) is 18.4 Å². The maximum Gasteiger partial charge on any atom is 0.255 e. The largest absolute Gasteiger partial charge is 0.497 e. The average Bonchev–Trinajstić information content (AvgIpc) is 2.89. The summed E-state index contributed by atoms with van der Waals surface area (Å²) in [5.41, 5.74) is 2.80. The second kappa shape index (κ2) is 7.97. The first-order valence-corrected chi connectivity index (χ1v) is 9.54. The average molecular weight is 407 g/mol. The molecule has 2 amide bonds. The molecule has 3 aromatic carbocycles. The Morgan fingerprint density at radius 2 is 1.79 bits per heavy atom. The van der Waals surface area contributed by atoms with Crippen LogP contribution in [-0.2, 0) is 4.79 Å². The van der Waals surface area contributed by atoms with E-state index in [4.69, 9.17) is 16.3 Å². The van der Waals surface area contributed by atoms with Crippen LogP contribution in [0.3, 0.4) is 0 Å². The van der Waals surface area contributed by atoms with Crippen LogP contribution < -0.4 is 10.1 Å². The van der Waals surface area contributed by atoms with Crippen molar-refractivity contribution in [3.8, 4) is 5.75 Å². The fraction of sp³-hybridized carbons (Fsp3) is 0.130. The molecule has 0 bridgehead atoms. The molecule has 4 rings (SSSR count). The zero-order valence-electron chi connectivity index (χ0n) is 15.8. The molecule has 3 aromatic rings. The minimum atomic E-state index is -0.460. The first-order valence-electron chi connectivity index (χ1n) is 9.16. The van der Waals surface area contributed by atoms with Crippen molar-refractivity contribution in [2.24, 2.45) is 0 Å². The summed E-state index contributed by atoms with van der Waals surface area (Å²) in [5, 5.41) is 3.43. The molecule has 29 heavy (non-hydrogen) atoms. The molecule has 1 aliphatic heterocycles. The van der Waals surface area contributed by atoms with E-state index >= 15 is 0 Å². The zero-order valence-corrected chi connectivity index (χ0v) is 16.5. The van der Waals surface area contributed by atoms with Crippen molar-refractivity contribution < 1.29 is 14.3 Å². The summed E-state index contributed by atoms with van der Waals surface area (Å²) < 4.78 is 5.18. The van der Waals surface area contributed by atoms with Crippen LogP contribution in [0.1, 0.15) is 27.5 Å². The van der Waals surface area contributed by atoms with Crippen LogP contribution >= 0.6 is 11.6 Å². The number of ether oxygens (including phenoxy) is 1. The lowest BCUT2D eigenvalue weighted by Gasteiger charge is -2.30. The first-order chi connectivity index (χ1) is 14.1. The van der Waals surface area contributed by atoms with Gasteiger partial charge in [-0.25, -0.2) is 0 Å². The summed E-state index contributed by atoms with van der Waals surface area (Å²) in [6.45, 7) is -0.0727. The summed E-state index contributed by atoms with van der Waals surface area (Å²) in [7, 11) is 1.57. The van der Waals surface area contributed by atoms with Gasteiger partial charge in [0.15, 0.2) is 0 Å². The van der Waals surface area contributed by atoms with Gasteiger partial charge in [-0.05, 0) is 48.0 Å². The van der Waals surface area contributed by atoms with Crippen molar-refractivity contribution in [1.82, 2.24) is 4.90 Å². The molecule has 0 unspecified atom stereocenters. The number of nitrogens with one attached hydrogen (secondary N) is 1. The molecule has 1 aliphatic rings. The van der Waals surface area contributed by atoms with Crippen LogP contribution in [0.5, 0.6) is 5.75 Å². The van der Waals surface area contributed by atoms with E-state index in [1.54, 1.807) is 54.5 Å². The molecule has 1 atom stereocenters. The van der Waals surface area contributed by atoms with Crippen LogP contribution in [0.4, 0.5) is 5.69 Å². The Labute approximate surface area is 173 Å². The van der Waals surface area contributed by atoms with E-state index in [1.165, 1.54) is 0 Å². The molecular formula is C23H19ClN2O3. The third kappa shape index (κ3) is 3.82. The summed E-state index contributed by atoms with van der Waals surface area (Å²) in [4.78, 5) is 27.6. The maximum atomic E-state index is 13.4. The lowest BCUT2D eigenvalue weighted by molar-refractivity contribution is -0.117. The molecule has 0 aliphatic carbocycles. The lowest BCUT2D eigenvalue weighted by atomic mass is 9.95. The Bertz CT molecular complexity index is 1050. The van der Waals surface area contributed by atoms with Gasteiger partial charge in [-0.15, -0.1) is 0 Å². The normalized spacial score (nSPS) is 15.9. The van der Waals surface area contributed by atoms with E-state index in [2.05, 4.69) is 5.32 Å². The number of carbonyl (C=O) groups is 2. The Balaban J connectivity index is 1.85. The van der Waals surface area contributed by atoms with Crippen molar-refractivity contribution in [3.05, 3.63) is 94.5 Å². The number of halogens is 1. The van der Waals surface area contributed by atoms with E-state index in [0.29, 0.717) is 22.0 Å². The Morgan fingerprint density at radius 1 is 1.07 bits per heavy atom. The fourth-order valence-electron chi connectivity index (χ4n) is 3.56. The number of benzene rings is 3. The number of methoxy groups -OCH3 is 1. The van der Waals surface area contributed by atoms with Crippen molar-refractivity contribution in [1.29, 1.82) is 0 Å². The van der Waals surface area contributed by atoms with Crippen LogP contribution in [0.2, 0.25) is 5.02 Å². The second-order valence-electron chi connectivity index (χ2n) is 6.75. The van der Waals surface area contributed by atoms with Gasteiger partial charge in [0, 0.05) is 21.8 Å². The highest BCUT2D eigenvalue weighted by molar-refractivity contribution is 6.30. The van der Waals surface area contributed by atoms with Gasteiger partial charge >= 0.3 is 0 Å². The lowest BCUT2D eigenvalue weighted by Crippen LogP contribution is -2.38. The van der Waals surface area contributed by atoms with Gasteiger partial charge in [0.1, 0.15) is 12.3 Å². The Morgan fingerprint density at radius 3 is 2.48 bits per heavy atom. The molecule has 0 radical (unpaired) electrons. The van der Waals surface area contributed by atoms with Crippen molar-refractivity contribution >= 4 is 29.1 Å². The first kappa shape index (κ1) is 19.0. The Hall–Kier alpha value is -3.31. The summed E-state index contributed by atoms with van der Waals surface area (Å²) >= 11 is 6.27. The minimum absolute atomic E-state index is 0.0727. The minimum Gasteiger partial charge on any atom is -0.497 e. The number of fused-ring (bicyclic) bond motifs is 1. The summed E-state index contributed by atoms with van der Waals surface area (Å²) in [6.07, 6.45) is 0. The number of amides is 2. The van der Waals surface area contributed by atoms with Gasteiger partial charge in [0.25, 0.3) is 5.91 Å². The summed E-state index contributed by atoms with van der Waals surface area (Å²) in [5.74, 6) is 0.158. The van der Waals surface area contributed by atoms with Crippen LogP contribution in [-0.4, -0.2) is 30.4 Å². The molecular weight excluding hydrogens is 388 g/mol. The molecule has 0 spiro atoms. The van der Waals surface area contributed by atoms with Crippen LogP contribution in [0.25, 0.3) is 0 Å². The molecule has 0 saturated heterocycles. The highest BCUT2D eigenvalue weighted by atomic mass is 35.5. The zero-order chi connectivity index (χ0) is 20.4. The van der Waals surface area contributed by atoms with Gasteiger partial charge in [-0.2, -0.15) is 0 Å². The van der Waals surface area contributed by atoms with Crippen LogP contribution in [0.15, 0.2) is 72.8 Å². The smallest absolute Gasteiger partial charge is 0.255 e. The number of nitrogens with zero attached hydrogens (tertiary/aromatic N) is 1. The molecule has 0 fully saturated rings. The predicted molar refractivity (Wildman–Crippen MR) is 112 cm³/mol. The molecule has 0 aromatic heterocycles. The second-order valence-corrected chi connectivity index (χ2v) is 7.19. The monoisotopic (exact) mass is 406 g/mol. The molecule has 146 valence electrons. The van der Waals surface area contributed by atoms with Crippen LogP contribution in [0, 0.1) is 0 Å². The van der Waals surface area contributed by atoms with E-state index in [9.17, 15) is 9.59 Å². The molecule has 0 saturated carbocycles. The van der Waals surface area contributed by atoms with Crippen molar-refractivity contribution in [2.75, 3.05) is 19.0 Å². The highest BCUT2D eigenvalue weighted by Gasteiger charge is 2.34.